The molecule has 2 unspecified atom stereocenters. The van der Waals surface area contributed by atoms with Gasteiger partial charge in [-0.05, 0) is 30.9 Å². The summed E-state index contributed by atoms with van der Waals surface area (Å²) >= 11 is 12.1. The van der Waals surface area contributed by atoms with Gasteiger partial charge < -0.3 is 5.11 Å². The summed E-state index contributed by atoms with van der Waals surface area (Å²) in [7, 11) is 0. The molecule has 1 aromatic rings. The first-order valence-electron chi connectivity index (χ1n) is 5.52. The smallest absolute Gasteiger partial charge is 0.320 e. The van der Waals surface area contributed by atoms with E-state index in [1.54, 1.807) is 6.07 Å². The first-order chi connectivity index (χ1) is 8.09. The van der Waals surface area contributed by atoms with E-state index in [2.05, 4.69) is 5.32 Å². The maximum atomic E-state index is 11.0. The Balaban J connectivity index is 2.22. The van der Waals surface area contributed by atoms with E-state index < -0.39 is 12.0 Å². The van der Waals surface area contributed by atoms with Gasteiger partial charge in [0.05, 0.1) is 10.0 Å². The Morgan fingerprint density at radius 1 is 1.35 bits per heavy atom. The van der Waals surface area contributed by atoms with E-state index in [1.807, 2.05) is 12.1 Å². The van der Waals surface area contributed by atoms with Crippen LogP contribution in [0.1, 0.15) is 30.9 Å². The number of rotatable bonds is 2. The van der Waals surface area contributed by atoms with Crippen molar-refractivity contribution in [3.63, 3.8) is 0 Å². The minimum absolute atomic E-state index is 0.0314. The van der Waals surface area contributed by atoms with Gasteiger partial charge in [-0.1, -0.05) is 35.3 Å². The summed E-state index contributed by atoms with van der Waals surface area (Å²) in [5.41, 5.74) is 0.880. The Hall–Kier alpha value is -0.770. The molecule has 0 aliphatic carbocycles. The van der Waals surface area contributed by atoms with Crippen LogP contribution in [-0.4, -0.2) is 17.1 Å². The zero-order chi connectivity index (χ0) is 12.4. The quantitative estimate of drug-likeness (QED) is 0.870. The van der Waals surface area contributed by atoms with Crippen molar-refractivity contribution in [3.8, 4) is 0 Å². The molecule has 5 heteroatoms. The van der Waals surface area contributed by atoms with Gasteiger partial charge in [0.25, 0.3) is 0 Å². The van der Waals surface area contributed by atoms with Crippen LogP contribution in [0.25, 0.3) is 0 Å². The average molecular weight is 274 g/mol. The Morgan fingerprint density at radius 2 is 2.12 bits per heavy atom. The second kappa shape index (κ2) is 5.25. The second-order valence-electron chi connectivity index (χ2n) is 4.18. The van der Waals surface area contributed by atoms with Crippen LogP contribution in [0.15, 0.2) is 18.2 Å². The number of carboxylic acid groups (broad SMARTS) is 1. The summed E-state index contributed by atoms with van der Waals surface area (Å²) in [6.45, 7) is 0. The molecule has 1 fully saturated rings. The van der Waals surface area contributed by atoms with Crippen LogP contribution in [0.3, 0.4) is 0 Å². The van der Waals surface area contributed by atoms with Crippen LogP contribution in [-0.2, 0) is 4.79 Å². The van der Waals surface area contributed by atoms with Gasteiger partial charge in [0.1, 0.15) is 6.04 Å². The van der Waals surface area contributed by atoms with E-state index in [9.17, 15) is 4.79 Å². The van der Waals surface area contributed by atoms with Gasteiger partial charge >= 0.3 is 5.97 Å². The fourth-order valence-corrected chi connectivity index (χ4v) is 2.60. The molecule has 2 N–H and O–H groups in total. The molecule has 1 aromatic carbocycles. The maximum absolute atomic E-state index is 11.0. The summed E-state index contributed by atoms with van der Waals surface area (Å²) in [5, 5.41) is 13.1. The number of hydrogen-bond donors (Lipinski definition) is 2. The van der Waals surface area contributed by atoms with Gasteiger partial charge in [-0.2, -0.15) is 0 Å². The number of carbonyl (C=O) groups is 1. The van der Waals surface area contributed by atoms with Gasteiger partial charge in [0.15, 0.2) is 0 Å². The molecule has 0 spiro atoms. The molecule has 2 atom stereocenters. The third kappa shape index (κ3) is 2.73. The molecule has 3 nitrogen and oxygen atoms in total. The standard InChI is InChI=1S/C12H13Cl2NO2/c13-8-4-1-3-7(11(8)14)9-5-2-6-10(15-9)12(16)17/h1,3-4,9-10,15H,2,5-6H2,(H,16,17). The normalized spacial score (nSPS) is 24.6. The average Bonchev–Trinajstić information content (AvgIpc) is 2.33. The Bertz CT molecular complexity index is 437. The Labute approximate surface area is 110 Å². The molecule has 0 amide bonds. The highest BCUT2D eigenvalue weighted by Gasteiger charge is 2.28. The van der Waals surface area contributed by atoms with Crippen molar-refractivity contribution in [2.24, 2.45) is 0 Å². The summed E-state index contributed by atoms with van der Waals surface area (Å²) in [4.78, 5) is 11.0. The molecule has 0 bridgehead atoms. The number of aliphatic carboxylic acids is 1. The summed E-state index contributed by atoms with van der Waals surface area (Å²) < 4.78 is 0. The number of piperidine rings is 1. The molecule has 0 aromatic heterocycles. The number of benzene rings is 1. The molecule has 1 aliphatic heterocycles. The topological polar surface area (TPSA) is 49.3 Å². The molecule has 1 saturated heterocycles. The van der Waals surface area contributed by atoms with Crippen LogP contribution in [0.5, 0.6) is 0 Å². The van der Waals surface area contributed by atoms with Crippen molar-refractivity contribution >= 4 is 29.2 Å². The highest BCUT2D eigenvalue weighted by atomic mass is 35.5. The maximum Gasteiger partial charge on any atom is 0.320 e. The van der Waals surface area contributed by atoms with Gasteiger partial charge in [-0.25, -0.2) is 0 Å². The molecular weight excluding hydrogens is 261 g/mol. The number of carboxylic acids is 1. The third-order valence-electron chi connectivity index (χ3n) is 3.04. The molecule has 0 radical (unpaired) electrons. The molecule has 1 aliphatic rings. The van der Waals surface area contributed by atoms with E-state index in [0.29, 0.717) is 16.5 Å². The van der Waals surface area contributed by atoms with Crippen LogP contribution < -0.4 is 5.32 Å². The van der Waals surface area contributed by atoms with Gasteiger partial charge in [-0.3, -0.25) is 10.1 Å². The Morgan fingerprint density at radius 3 is 2.82 bits per heavy atom. The lowest BCUT2D eigenvalue weighted by Gasteiger charge is -2.29. The summed E-state index contributed by atoms with van der Waals surface area (Å²) in [6, 6.07) is 4.91. The fraction of sp³-hybridized carbons (Fsp3) is 0.417. The number of halogens is 2. The van der Waals surface area contributed by atoms with E-state index >= 15 is 0 Å². The third-order valence-corrected chi connectivity index (χ3v) is 3.88. The zero-order valence-electron chi connectivity index (χ0n) is 9.12. The minimum Gasteiger partial charge on any atom is -0.480 e. The van der Waals surface area contributed by atoms with Crippen LogP contribution in [0.2, 0.25) is 10.0 Å². The lowest BCUT2D eigenvalue weighted by molar-refractivity contribution is -0.140. The first kappa shape index (κ1) is 12.7. The van der Waals surface area contributed by atoms with Gasteiger partial charge in [-0.15, -0.1) is 0 Å². The van der Waals surface area contributed by atoms with Crippen molar-refractivity contribution in [1.29, 1.82) is 0 Å². The van der Waals surface area contributed by atoms with E-state index in [1.165, 1.54) is 0 Å². The molecule has 1 heterocycles. The van der Waals surface area contributed by atoms with Crippen LogP contribution in [0.4, 0.5) is 0 Å². The Kier molecular flexibility index (Phi) is 3.92. The second-order valence-corrected chi connectivity index (χ2v) is 4.97. The van der Waals surface area contributed by atoms with Crippen molar-refractivity contribution in [3.05, 3.63) is 33.8 Å². The highest BCUT2D eigenvalue weighted by Crippen LogP contribution is 2.34. The van der Waals surface area contributed by atoms with E-state index in [4.69, 9.17) is 28.3 Å². The largest absolute Gasteiger partial charge is 0.480 e. The zero-order valence-corrected chi connectivity index (χ0v) is 10.6. The molecule has 17 heavy (non-hydrogen) atoms. The van der Waals surface area contributed by atoms with Crippen molar-refractivity contribution in [2.75, 3.05) is 0 Å². The predicted octanol–water partition coefficient (Wildman–Crippen LogP) is 3.26. The van der Waals surface area contributed by atoms with E-state index in [0.717, 1.165) is 18.4 Å². The van der Waals surface area contributed by atoms with E-state index in [-0.39, 0.29) is 6.04 Å². The van der Waals surface area contributed by atoms with Crippen LogP contribution in [0, 0.1) is 0 Å². The number of nitrogens with one attached hydrogen (secondary N) is 1. The predicted molar refractivity (Wildman–Crippen MR) is 67.6 cm³/mol. The lowest BCUT2D eigenvalue weighted by Crippen LogP contribution is -2.42. The number of hydrogen-bond acceptors (Lipinski definition) is 2. The van der Waals surface area contributed by atoms with Crippen LogP contribution >= 0.6 is 23.2 Å². The van der Waals surface area contributed by atoms with Crippen molar-refractivity contribution in [2.45, 2.75) is 31.3 Å². The molecule has 92 valence electrons. The SMILES string of the molecule is O=C(O)C1CCCC(c2cccc(Cl)c2Cl)N1. The van der Waals surface area contributed by atoms with Crippen molar-refractivity contribution < 1.29 is 9.90 Å². The van der Waals surface area contributed by atoms with Crippen molar-refractivity contribution in [1.82, 2.24) is 5.32 Å². The first-order valence-corrected chi connectivity index (χ1v) is 6.28. The minimum atomic E-state index is -0.812. The fourth-order valence-electron chi connectivity index (χ4n) is 2.17. The monoisotopic (exact) mass is 273 g/mol. The molecular formula is C12H13Cl2NO2. The lowest BCUT2D eigenvalue weighted by atomic mass is 9.93. The summed E-state index contributed by atoms with van der Waals surface area (Å²) in [5.74, 6) is -0.812. The highest BCUT2D eigenvalue weighted by molar-refractivity contribution is 6.42. The molecule has 0 saturated carbocycles. The van der Waals surface area contributed by atoms with Gasteiger partial charge in [0, 0.05) is 6.04 Å². The summed E-state index contributed by atoms with van der Waals surface area (Å²) in [6.07, 6.45) is 2.41. The molecule has 2 rings (SSSR count). The van der Waals surface area contributed by atoms with Gasteiger partial charge in [0.2, 0.25) is 0 Å².